The summed E-state index contributed by atoms with van der Waals surface area (Å²) in [6.07, 6.45) is 1.04. The first-order valence-electron chi connectivity index (χ1n) is 4.99. The van der Waals surface area contributed by atoms with Crippen molar-refractivity contribution in [2.75, 3.05) is 19.0 Å². The Morgan fingerprint density at radius 3 is 2.80 bits per heavy atom. The number of anilines is 1. The van der Waals surface area contributed by atoms with Crippen molar-refractivity contribution in [3.8, 4) is 0 Å². The van der Waals surface area contributed by atoms with E-state index in [1.807, 2.05) is 0 Å². The van der Waals surface area contributed by atoms with E-state index in [4.69, 9.17) is 0 Å². The lowest BCUT2D eigenvalue weighted by atomic mass is 10.2. The molecule has 1 heterocycles. The minimum Gasteiger partial charge on any atom is -0.465 e. The van der Waals surface area contributed by atoms with Crippen LogP contribution in [0.15, 0.2) is 12.1 Å². The molecule has 4 heteroatoms. The molecule has 0 aliphatic heterocycles. The second-order valence-corrected chi connectivity index (χ2v) is 3.25. The van der Waals surface area contributed by atoms with Crippen LogP contribution in [-0.4, -0.2) is 24.6 Å². The number of rotatable bonds is 4. The van der Waals surface area contributed by atoms with Crippen molar-refractivity contribution in [3.63, 3.8) is 0 Å². The molecule has 0 aliphatic rings. The maximum Gasteiger partial charge on any atom is 0.339 e. The molecule has 82 valence electrons. The molecular weight excluding hydrogens is 192 g/mol. The van der Waals surface area contributed by atoms with Crippen LogP contribution in [0.3, 0.4) is 0 Å². The highest BCUT2D eigenvalue weighted by atomic mass is 16.5. The summed E-state index contributed by atoms with van der Waals surface area (Å²) >= 11 is 0. The normalized spacial score (nSPS) is 9.80. The predicted octanol–water partition coefficient (Wildman–Crippen LogP) is 2.00. The van der Waals surface area contributed by atoms with Crippen LogP contribution in [-0.2, 0) is 4.74 Å². The van der Waals surface area contributed by atoms with E-state index in [1.54, 1.807) is 19.1 Å². The van der Waals surface area contributed by atoms with E-state index >= 15 is 0 Å². The molecule has 0 bridgehead atoms. The lowest BCUT2D eigenvalue weighted by Crippen LogP contribution is -2.08. The van der Waals surface area contributed by atoms with Gasteiger partial charge in [-0.05, 0) is 25.5 Å². The van der Waals surface area contributed by atoms with Crippen molar-refractivity contribution in [1.29, 1.82) is 0 Å². The van der Waals surface area contributed by atoms with Gasteiger partial charge in [-0.2, -0.15) is 0 Å². The standard InChI is InChI=1S/C11H16N2O2/c1-4-7-12-10-6-5-9(8(2)13-10)11(14)15-3/h5-6H,4,7H2,1-3H3,(H,12,13). The van der Waals surface area contributed by atoms with Crippen molar-refractivity contribution >= 4 is 11.8 Å². The zero-order valence-electron chi connectivity index (χ0n) is 9.33. The largest absolute Gasteiger partial charge is 0.465 e. The number of nitrogens with zero attached hydrogens (tertiary/aromatic N) is 1. The second kappa shape index (κ2) is 5.34. The quantitative estimate of drug-likeness (QED) is 0.769. The van der Waals surface area contributed by atoms with Gasteiger partial charge in [-0.1, -0.05) is 6.92 Å². The monoisotopic (exact) mass is 208 g/mol. The number of carbonyl (C=O) groups is 1. The second-order valence-electron chi connectivity index (χ2n) is 3.25. The van der Waals surface area contributed by atoms with Crippen molar-refractivity contribution in [2.45, 2.75) is 20.3 Å². The third kappa shape index (κ3) is 2.94. The molecule has 0 spiro atoms. The minimum atomic E-state index is -0.345. The minimum absolute atomic E-state index is 0.345. The highest BCUT2D eigenvalue weighted by Gasteiger charge is 2.09. The van der Waals surface area contributed by atoms with Crippen LogP contribution in [0.5, 0.6) is 0 Å². The fourth-order valence-electron chi connectivity index (χ4n) is 1.24. The van der Waals surface area contributed by atoms with Gasteiger partial charge in [-0.3, -0.25) is 0 Å². The average Bonchev–Trinajstić information content (AvgIpc) is 2.25. The van der Waals surface area contributed by atoms with Crippen LogP contribution in [0.4, 0.5) is 5.82 Å². The van der Waals surface area contributed by atoms with Gasteiger partial charge >= 0.3 is 5.97 Å². The molecule has 0 fully saturated rings. The van der Waals surface area contributed by atoms with E-state index in [0.29, 0.717) is 11.3 Å². The van der Waals surface area contributed by atoms with Gasteiger partial charge in [0.15, 0.2) is 0 Å². The summed E-state index contributed by atoms with van der Waals surface area (Å²) in [4.78, 5) is 15.5. The van der Waals surface area contributed by atoms with Crippen LogP contribution in [0, 0.1) is 6.92 Å². The lowest BCUT2D eigenvalue weighted by Gasteiger charge is -2.07. The summed E-state index contributed by atoms with van der Waals surface area (Å²) in [7, 11) is 1.37. The van der Waals surface area contributed by atoms with E-state index in [-0.39, 0.29) is 5.97 Å². The van der Waals surface area contributed by atoms with Crippen LogP contribution in [0.1, 0.15) is 29.4 Å². The topological polar surface area (TPSA) is 51.2 Å². The van der Waals surface area contributed by atoms with Gasteiger partial charge < -0.3 is 10.1 Å². The Balaban J connectivity index is 2.83. The number of esters is 1. The van der Waals surface area contributed by atoms with E-state index in [2.05, 4.69) is 22.0 Å². The zero-order chi connectivity index (χ0) is 11.3. The predicted molar refractivity (Wildman–Crippen MR) is 59.1 cm³/mol. The van der Waals surface area contributed by atoms with Crippen LogP contribution >= 0.6 is 0 Å². The van der Waals surface area contributed by atoms with E-state index in [1.165, 1.54) is 7.11 Å². The number of hydrogen-bond donors (Lipinski definition) is 1. The first kappa shape index (κ1) is 11.5. The fourth-order valence-corrected chi connectivity index (χ4v) is 1.24. The van der Waals surface area contributed by atoms with Gasteiger partial charge in [0, 0.05) is 6.54 Å². The van der Waals surface area contributed by atoms with Gasteiger partial charge in [0.1, 0.15) is 5.82 Å². The first-order chi connectivity index (χ1) is 7.19. The van der Waals surface area contributed by atoms with Gasteiger partial charge in [0.05, 0.1) is 18.4 Å². The molecule has 0 saturated heterocycles. The number of pyridine rings is 1. The third-order valence-corrected chi connectivity index (χ3v) is 2.05. The van der Waals surface area contributed by atoms with Crippen molar-refractivity contribution in [3.05, 3.63) is 23.4 Å². The van der Waals surface area contributed by atoms with Crippen LogP contribution in [0.25, 0.3) is 0 Å². The van der Waals surface area contributed by atoms with Crippen molar-refractivity contribution in [2.24, 2.45) is 0 Å². The van der Waals surface area contributed by atoms with Crippen molar-refractivity contribution in [1.82, 2.24) is 4.98 Å². The van der Waals surface area contributed by atoms with Gasteiger partial charge in [-0.15, -0.1) is 0 Å². The molecule has 0 aliphatic carbocycles. The highest BCUT2D eigenvalue weighted by Crippen LogP contribution is 2.11. The highest BCUT2D eigenvalue weighted by molar-refractivity contribution is 5.90. The third-order valence-electron chi connectivity index (χ3n) is 2.05. The SMILES string of the molecule is CCCNc1ccc(C(=O)OC)c(C)n1. The molecule has 0 atom stereocenters. The van der Waals surface area contributed by atoms with Crippen LogP contribution < -0.4 is 5.32 Å². The summed E-state index contributed by atoms with van der Waals surface area (Å²) < 4.78 is 4.64. The van der Waals surface area contributed by atoms with E-state index < -0.39 is 0 Å². The molecule has 0 aromatic carbocycles. The lowest BCUT2D eigenvalue weighted by molar-refractivity contribution is 0.0599. The number of nitrogens with one attached hydrogen (secondary N) is 1. The number of carbonyl (C=O) groups excluding carboxylic acids is 1. The number of aryl methyl sites for hydroxylation is 1. The Labute approximate surface area is 89.7 Å². The van der Waals surface area contributed by atoms with Crippen molar-refractivity contribution < 1.29 is 9.53 Å². The van der Waals surface area contributed by atoms with E-state index in [0.717, 1.165) is 18.8 Å². The molecule has 0 radical (unpaired) electrons. The number of methoxy groups -OCH3 is 1. The van der Waals surface area contributed by atoms with E-state index in [9.17, 15) is 4.79 Å². The Morgan fingerprint density at radius 2 is 2.27 bits per heavy atom. The summed E-state index contributed by atoms with van der Waals surface area (Å²) in [5.41, 5.74) is 1.20. The fraction of sp³-hybridized carbons (Fsp3) is 0.455. The average molecular weight is 208 g/mol. The van der Waals surface area contributed by atoms with Gasteiger partial charge in [-0.25, -0.2) is 9.78 Å². The number of hydrogen-bond acceptors (Lipinski definition) is 4. The maximum atomic E-state index is 11.3. The number of aromatic nitrogens is 1. The Hall–Kier alpha value is -1.58. The summed E-state index contributed by atoms with van der Waals surface area (Å²) in [5, 5.41) is 3.16. The molecule has 0 amide bonds. The smallest absolute Gasteiger partial charge is 0.339 e. The molecule has 1 N–H and O–H groups in total. The molecular formula is C11H16N2O2. The summed E-state index contributed by atoms with van der Waals surface area (Å²) in [5.74, 6) is 0.448. The Bertz CT molecular complexity index is 350. The maximum absolute atomic E-state index is 11.3. The number of ether oxygens (including phenoxy) is 1. The van der Waals surface area contributed by atoms with Gasteiger partial charge in [0.2, 0.25) is 0 Å². The summed E-state index contributed by atoms with van der Waals surface area (Å²) in [6, 6.07) is 3.51. The van der Waals surface area contributed by atoms with Gasteiger partial charge in [0.25, 0.3) is 0 Å². The van der Waals surface area contributed by atoms with Crippen LogP contribution in [0.2, 0.25) is 0 Å². The molecule has 15 heavy (non-hydrogen) atoms. The zero-order valence-corrected chi connectivity index (χ0v) is 9.33. The Kier molecular flexibility index (Phi) is 4.09. The molecule has 0 saturated carbocycles. The first-order valence-corrected chi connectivity index (χ1v) is 4.99. The molecule has 1 aromatic rings. The molecule has 1 aromatic heterocycles. The molecule has 4 nitrogen and oxygen atoms in total. The Morgan fingerprint density at radius 1 is 1.53 bits per heavy atom. The molecule has 1 rings (SSSR count). The summed E-state index contributed by atoms with van der Waals surface area (Å²) in [6.45, 7) is 4.76. The molecule has 0 unspecified atom stereocenters.